The number of hydrogen-bond acceptors (Lipinski definition) is 4. The SMILES string of the molecule is COc1ccc([C@H]2CN(C(=O)OC(C)(C)C)C[C@@H]2C(=O)O)cc1. The van der Waals surface area contributed by atoms with E-state index in [1.54, 1.807) is 40.0 Å². The van der Waals surface area contributed by atoms with Crippen LogP contribution in [-0.2, 0) is 9.53 Å². The molecule has 0 bridgehead atoms. The molecule has 126 valence electrons. The summed E-state index contributed by atoms with van der Waals surface area (Å²) in [4.78, 5) is 25.2. The molecule has 1 saturated heterocycles. The molecule has 1 heterocycles. The molecule has 0 radical (unpaired) electrons. The van der Waals surface area contributed by atoms with E-state index in [1.165, 1.54) is 4.90 Å². The minimum absolute atomic E-state index is 0.154. The van der Waals surface area contributed by atoms with Gasteiger partial charge in [0.2, 0.25) is 0 Å². The van der Waals surface area contributed by atoms with Crippen molar-refractivity contribution in [3.63, 3.8) is 0 Å². The van der Waals surface area contributed by atoms with Crippen molar-refractivity contribution in [3.8, 4) is 5.75 Å². The summed E-state index contributed by atoms with van der Waals surface area (Å²) in [6.45, 7) is 5.85. The number of carboxylic acid groups (broad SMARTS) is 1. The Morgan fingerprint density at radius 3 is 2.26 bits per heavy atom. The maximum absolute atomic E-state index is 12.2. The van der Waals surface area contributed by atoms with Crippen molar-refractivity contribution in [2.75, 3.05) is 20.2 Å². The maximum atomic E-state index is 12.2. The fourth-order valence-corrected chi connectivity index (χ4v) is 2.72. The molecule has 1 aliphatic heterocycles. The molecule has 1 aliphatic rings. The first-order valence-electron chi connectivity index (χ1n) is 7.56. The Hall–Kier alpha value is -2.24. The topological polar surface area (TPSA) is 76.1 Å². The fraction of sp³-hybridized carbons (Fsp3) is 0.529. The van der Waals surface area contributed by atoms with Gasteiger partial charge in [0, 0.05) is 19.0 Å². The van der Waals surface area contributed by atoms with Crippen LogP contribution >= 0.6 is 0 Å². The summed E-state index contributed by atoms with van der Waals surface area (Å²) in [7, 11) is 1.58. The average molecular weight is 321 g/mol. The molecular formula is C17H23NO5. The highest BCUT2D eigenvalue weighted by molar-refractivity contribution is 5.76. The number of rotatable bonds is 3. The Bertz CT molecular complexity index is 576. The van der Waals surface area contributed by atoms with Gasteiger partial charge in [-0.25, -0.2) is 4.79 Å². The van der Waals surface area contributed by atoms with Crippen LogP contribution in [0.15, 0.2) is 24.3 Å². The molecule has 2 rings (SSSR count). The molecule has 1 amide bonds. The largest absolute Gasteiger partial charge is 0.497 e. The van der Waals surface area contributed by atoms with Crippen molar-refractivity contribution >= 4 is 12.1 Å². The van der Waals surface area contributed by atoms with Crippen molar-refractivity contribution in [2.45, 2.75) is 32.3 Å². The lowest BCUT2D eigenvalue weighted by molar-refractivity contribution is -0.141. The molecule has 6 heteroatoms. The minimum Gasteiger partial charge on any atom is -0.497 e. The number of likely N-dealkylation sites (tertiary alicyclic amines) is 1. The molecule has 1 fully saturated rings. The number of nitrogens with zero attached hydrogens (tertiary/aromatic N) is 1. The number of carbonyl (C=O) groups excluding carboxylic acids is 1. The van der Waals surface area contributed by atoms with Gasteiger partial charge in [-0.1, -0.05) is 12.1 Å². The molecule has 23 heavy (non-hydrogen) atoms. The number of carbonyl (C=O) groups is 2. The van der Waals surface area contributed by atoms with E-state index in [9.17, 15) is 14.7 Å². The van der Waals surface area contributed by atoms with Gasteiger partial charge in [0.1, 0.15) is 11.4 Å². The van der Waals surface area contributed by atoms with Gasteiger partial charge in [0.15, 0.2) is 0 Å². The van der Waals surface area contributed by atoms with Gasteiger partial charge in [-0.15, -0.1) is 0 Å². The molecule has 0 spiro atoms. The van der Waals surface area contributed by atoms with Crippen molar-refractivity contribution in [1.29, 1.82) is 0 Å². The van der Waals surface area contributed by atoms with Crippen LogP contribution < -0.4 is 4.74 Å². The van der Waals surface area contributed by atoms with E-state index in [2.05, 4.69) is 0 Å². The van der Waals surface area contributed by atoms with Gasteiger partial charge in [-0.2, -0.15) is 0 Å². The van der Waals surface area contributed by atoms with Gasteiger partial charge in [-0.05, 0) is 38.5 Å². The predicted octanol–water partition coefficient (Wildman–Crippen LogP) is 2.73. The standard InChI is InChI=1S/C17H23NO5/c1-17(2,3)23-16(21)18-9-13(14(10-18)15(19)20)11-5-7-12(22-4)8-6-11/h5-8,13-14H,9-10H2,1-4H3,(H,19,20)/t13-,14+/m1/s1. The van der Waals surface area contributed by atoms with Gasteiger partial charge in [0.05, 0.1) is 13.0 Å². The number of ether oxygens (including phenoxy) is 2. The first kappa shape index (κ1) is 17.1. The molecule has 2 atom stereocenters. The third kappa shape index (κ3) is 4.15. The number of benzene rings is 1. The van der Waals surface area contributed by atoms with Gasteiger partial charge in [-0.3, -0.25) is 4.79 Å². The molecule has 1 aromatic rings. The van der Waals surface area contributed by atoms with Crippen LogP contribution in [0.4, 0.5) is 4.79 Å². The monoisotopic (exact) mass is 321 g/mol. The summed E-state index contributed by atoms with van der Waals surface area (Å²) in [5.74, 6) is -1.10. The second-order valence-electron chi connectivity index (χ2n) is 6.71. The predicted molar refractivity (Wildman–Crippen MR) is 84.7 cm³/mol. The van der Waals surface area contributed by atoms with Crippen LogP contribution in [0.1, 0.15) is 32.3 Å². The van der Waals surface area contributed by atoms with Gasteiger partial charge in [0.25, 0.3) is 0 Å². The number of carboxylic acids is 1. The van der Waals surface area contributed by atoms with E-state index in [4.69, 9.17) is 9.47 Å². The molecule has 6 nitrogen and oxygen atoms in total. The van der Waals surface area contributed by atoms with E-state index in [0.717, 1.165) is 5.56 Å². The summed E-state index contributed by atoms with van der Waals surface area (Å²) in [6.07, 6.45) is -0.472. The first-order chi connectivity index (χ1) is 10.7. The van der Waals surface area contributed by atoms with Crippen LogP contribution in [-0.4, -0.2) is 47.9 Å². The zero-order chi connectivity index (χ0) is 17.2. The van der Waals surface area contributed by atoms with Gasteiger partial charge >= 0.3 is 12.1 Å². The Balaban J connectivity index is 2.17. The van der Waals surface area contributed by atoms with E-state index < -0.39 is 23.6 Å². The van der Waals surface area contributed by atoms with Crippen LogP contribution in [0.2, 0.25) is 0 Å². The van der Waals surface area contributed by atoms with Crippen LogP contribution in [0.3, 0.4) is 0 Å². The van der Waals surface area contributed by atoms with Crippen LogP contribution in [0.25, 0.3) is 0 Å². The smallest absolute Gasteiger partial charge is 0.410 e. The lowest BCUT2D eigenvalue weighted by Crippen LogP contribution is -2.35. The zero-order valence-electron chi connectivity index (χ0n) is 13.9. The highest BCUT2D eigenvalue weighted by atomic mass is 16.6. The van der Waals surface area contributed by atoms with Crippen LogP contribution in [0, 0.1) is 5.92 Å². The van der Waals surface area contributed by atoms with E-state index in [-0.39, 0.29) is 12.5 Å². The third-order valence-electron chi connectivity index (χ3n) is 3.83. The molecule has 0 aliphatic carbocycles. The third-order valence-corrected chi connectivity index (χ3v) is 3.83. The zero-order valence-corrected chi connectivity index (χ0v) is 13.9. The maximum Gasteiger partial charge on any atom is 0.410 e. The van der Waals surface area contributed by atoms with E-state index in [0.29, 0.717) is 12.3 Å². The Morgan fingerprint density at radius 1 is 1.17 bits per heavy atom. The Kier molecular flexibility index (Phi) is 4.82. The summed E-state index contributed by atoms with van der Waals surface area (Å²) in [5, 5.41) is 9.47. The second kappa shape index (κ2) is 6.48. The summed E-state index contributed by atoms with van der Waals surface area (Å²) >= 11 is 0. The number of amides is 1. The Morgan fingerprint density at radius 2 is 1.78 bits per heavy atom. The fourth-order valence-electron chi connectivity index (χ4n) is 2.72. The normalized spacial score (nSPS) is 21.1. The summed E-state index contributed by atoms with van der Waals surface area (Å²) < 4.78 is 10.5. The lowest BCUT2D eigenvalue weighted by Gasteiger charge is -2.24. The van der Waals surface area contributed by atoms with Crippen molar-refractivity contribution in [2.24, 2.45) is 5.92 Å². The Labute approximate surface area is 136 Å². The second-order valence-corrected chi connectivity index (χ2v) is 6.71. The first-order valence-corrected chi connectivity index (χ1v) is 7.56. The summed E-state index contributed by atoms with van der Waals surface area (Å²) in [6, 6.07) is 7.28. The summed E-state index contributed by atoms with van der Waals surface area (Å²) in [5.41, 5.74) is 0.276. The molecule has 0 aromatic heterocycles. The van der Waals surface area contributed by atoms with Crippen molar-refractivity contribution < 1.29 is 24.2 Å². The van der Waals surface area contributed by atoms with Gasteiger partial charge < -0.3 is 19.5 Å². The lowest BCUT2D eigenvalue weighted by atomic mass is 9.89. The number of aliphatic carboxylic acids is 1. The molecular weight excluding hydrogens is 298 g/mol. The molecule has 1 N–H and O–H groups in total. The number of methoxy groups -OCH3 is 1. The van der Waals surface area contributed by atoms with Crippen LogP contribution in [0.5, 0.6) is 5.75 Å². The minimum atomic E-state index is -0.906. The highest BCUT2D eigenvalue weighted by Gasteiger charge is 2.41. The van der Waals surface area contributed by atoms with Crippen molar-refractivity contribution in [3.05, 3.63) is 29.8 Å². The highest BCUT2D eigenvalue weighted by Crippen LogP contribution is 2.34. The molecule has 0 saturated carbocycles. The number of hydrogen-bond donors (Lipinski definition) is 1. The quantitative estimate of drug-likeness (QED) is 0.926. The molecule has 1 aromatic carbocycles. The van der Waals surface area contributed by atoms with E-state index in [1.807, 2.05) is 12.1 Å². The van der Waals surface area contributed by atoms with E-state index >= 15 is 0 Å². The average Bonchev–Trinajstić information content (AvgIpc) is 2.91. The van der Waals surface area contributed by atoms with Crippen molar-refractivity contribution in [1.82, 2.24) is 4.90 Å². The molecule has 0 unspecified atom stereocenters.